The maximum absolute atomic E-state index is 13.0. The lowest BCUT2D eigenvalue weighted by Gasteiger charge is -2.32. The van der Waals surface area contributed by atoms with Gasteiger partial charge in [0.15, 0.2) is 0 Å². The van der Waals surface area contributed by atoms with Crippen LogP contribution in [-0.4, -0.2) is 30.6 Å². The van der Waals surface area contributed by atoms with Crippen molar-refractivity contribution < 1.29 is 4.79 Å². The van der Waals surface area contributed by atoms with Crippen LogP contribution >= 0.6 is 11.6 Å². The summed E-state index contributed by atoms with van der Waals surface area (Å²) in [4.78, 5) is 15.4. The van der Waals surface area contributed by atoms with Crippen molar-refractivity contribution >= 4 is 17.6 Å². The first-order valence-electron chi connectivity index (χ1n) is 13.0. The van der Waals surface area contributed by atoms with Crippen LogP contribution in [-0.2, 0) is 0 Å². The predicted molar refractivity (Wildman–Crippen MR) is 156 cm³/mol. The summed E-state index contributed by atoms with van der Waals surface area (Å²) in [5, 5.41) is 6.96. The number of carbonyl (C=O) groups is 1. The molecule has 2 amide bonds. The van der Waals surface area contributed by atoms with Gasteiger partial charge >= 0.3 is 6.03 Å². The van der Waals surface area contributed by atoms with E-state index in [0.717, 1.165) is 29.1 Å². The first-order chi connectivity index (χ1) is 18.0. The molecule has 0 aromatic heterocycles. The number of urea groups is 1. The fraction of sp³-hybridized carbons (Fsp3) is 0.281. The summed E-state index contributed by atoms with van der Waals surface area (Å²) in [5.74, 6) is 0. The molecule has 3 aromatic carbocycles. The van der Waals surface area contributed by atoms with Crippen molar-refractivity contribution in [3.63, 3.8) is 0 Å². The van der Waals surface area contributed by atoms with Crippen molar-refractivity contribution in [3.05, 3.63) is 130 Å². The smallest absolute Gasteiger partial charge is 0.315 e. The number of hydrogen-bond donors (Lipinski definition) is 2. The summed E-state index contributed by atoms with van der Waals surface area (Å²) in [6.07, 6.45) is 7.44. The molecule has 4 nitrogen and oxygen atoms in total. The molecule has 0 radical (unpaired) electrons. The molecular formula is C32H38ClN3O. The molecule has 0 saturated carbocycles. The van der Waals surface area contributed by atoms with Gasteiger partial charge in [0.1, 0.15) is 0 Å². The van der Waals surface area contributed by atoms with Crippen LogP contribution in [0.5, 0.6) is 0 Å². The molecule has 0 bridgehead atoms. The summed E-state index contributed by atoms with van der Waals surface area (Å²) in [6, 6.07) is 27.8. The number of hydrogen-bond acceptors (Lipinski definition) is 2. The highest BCUT2D eigenvalue weighted by atomic mass is 35.5. The normalized spacial score (nSPS) is 12.8. The van der Waals surface area contributed by atoms with Crippen LogP contribution < -0.4 is 10.6 Å². The molecule has 3 rings (SSSR count). The van der Waals surface area contributed by atoms with Gasteiger partial charge in [0.2, 0.25) is 0 Å². The van der Waals surface area contributed by atoms with E-state index in [4.69, 9.17) is 11.6 Å². The van der Waals surface area contributed by atoms with Crippen molar-refractivity contribution in [1.29, 1.82) is 0 Å². The van der Waals surface area contributed by atoms with Crippen LogP contribution in [0, 0.1) is 0 Å². The molecule has 0 fully saturated rings. The third kappa shape index (κ3) is 8.63. The molecule has 1 unspecified atom stereocenters. The molecule has 194 valence electrons. The number of halogens is 1. The Hall–Kier alpha value is -3.34. The molecular weight excluding hydrogens is 478 g/mol. The third-order valence-electron chi connectivity index (χ3n) is 6.35. The van der Waals surface area contributed by atoms with E-state index >= 15 is 0 Å². The van der Waals surface area contributed by atoms with E-state index < -0.39 is 0 Å². The Bertz CT molecular complexity index is 1100. The van der Waals surface area contributed by atoms with E-state index in [1.54, 1.807) is 0 Å². The second kappa shape index (κ2) is 15.0. The lowest BCUT2D eigenvalue weighted by molar-refractivity contribution is 0.221. The Morgan fingerprint density at radius 1 is 0.892 bits per heavy atom. The van der Waals surface area contributed by atoms with Gasteiger partial charge in [0.05, 0.1) is 12.1 Å². The van der Waals surface area contributed by atoms with Gasteiger partial charge in [-0.3, -0.25) is 4.90 Å². The highest BCUT2D eigenvalue weighted by Gasteiger charge is 2.21. The van der Waals surface area contributed by atoms with Gasteiger partial charge in [-0.2, -0.15) is 0 Å². The van der Waals surface area contributed by atoms with Gasteiger partial charge in [-0.15, -0.1) is 0 Å². The number of carbonyl (C=O) groups excluding carboxylic acids is 1. The van der Waals surface area contributed by atoms with Crippen LogP contribution in [0.25, 0.3) is 0 Å². The van der Waals surface area contributed by atoms with E-state index in [1.165, 1.54) is 11.1 Å². The zero-order chi connectivity index (χ0) is 26.5. The fourth-order valence-electron chi connectivity index (χ4n) is 4.47. The Labute approximate surface area is 227 Å². The van der Waals surface area contributed by atoms with Crippen molar-refractivity contribution in [3.8, 4) is 0 Å². The summed E-state index contributed by atoms with van der Waals surface area (Å²) in [7, 11) is 0. The van der Waals surface area contributed by atoms with Crippen molar-refractivity contribution in [1.82, 2.24) is 15.5 Å². The SMILES string of the molecule is CC/C=C\C=C(/C)C(c1ccc(Cl)cc1)N(CC)CCNC(=O)NC(c1ccccc1)c1ccccc1. The first-order valence-corrected chi connectivity index (χ1v) is 13.4. The summed E-state index contributed by atoms with van der Waals surface area (Å²) < 4.78 is 0. The molecule has 0 aliphatic heterocycles. The third-order valence-corrected chi connectivity index (χ3v) is 6.60. The molecule has 0 aliphatic carbocycles. The van der Waals surface area contributed by atoms with Crippen LogP contribution in [0.3, 0.4) is 0 Å². The molecule has 2 N–H and O–H groups in total. The lowest BCUT2D eigenvalue weighted by atomic mass is 9.97. The van der Waals surface area contributed by atoms with Crippen LogP contribution in [0.15, 0.2) is 109 Å². The lowest BCUT2D eigenvalue weighted by Crippen LogP contribution is -2.43. The number of amides is 2. The number of nitrogens with zero attached hydrogens (tertiary/aromatic N) is 1. The Kier molecular flexibility index (Phi) is 11.5. The number of nitrogens with one attached hydrogen (secondary N) is 2. The largest absolute Gasteiger partial charge is 0.337 e. The average molecular weight is 516 g/mol. The van der Waals surface area contributed by atoms with Gasteiger partial charge in [-0.05, 0) is 48.7 Å². The van der Waals surface area contributed by atoms with Crippen molar-refractivity contribution in [2.75, 3.05) is 19.6 Å². The zero-order valence-electron chi connectivity index (χ0n) is 22.0. The monoisotopic (exact) mass is 515 g/mol. The van der Waals surface area contributed by atoms with E-state index in [-0.39, 0.29) is 18.1 Å². The number of rotatable bonds is 12. The fourth-order valence-corrected chi connectivity index (χ4v) is 4.59. The van der Waals surface area contributed by atoms with Gasteiger partial charge < -0.3 is 10.6 Å². The van der Waals surface area contributed by atoms with Crippen LogP contribution in [0.2, 0.25) is 5.02 Å². The Morgan fingerprint density at radius 2 is 1.49 bits per heavy atom. The Balaban J connectivity index is 1.69. The van der Waals surface area contributed by atoms with Gasteiger partial charge in [0.25, 0.3) is 0 Å². The quantitative estimate of drug-likeness (QED) is 0.243. The van der Waals surface area contributed by atoms with Gasteiger partial charge in [-0.1, -0.05) is 122 Å². The van der Waals surface area contributed by atoms with E-state index in [9.17, 15) is 4.79 Å². The van der Waals surface area contributed by atoms with Crippen LogP contribution in [0.4, 0.5) is 4.79 Å². The van der Waals surface area contributed by atoms with Gasteiger partial charge in [-0.25, -0.2) is 4.79 Å². The second-order valence-electron chi connectivity index (χ2n) is 8.98. The molecule has 3 aromatic rings. The minimum atomic E-state index is -0.220. The molecule has 5 heteroatoms. The summed E-state index contributed by atoms with van der Waals surface area (Å²) >= 11 is 6.17. The molecule has 1 atom stereocenters. The molecule has 0 heterocycles. The minimum Gasteiger partial charge on any atom is -0.337 e. The summed E-state index contributed by atoms with van der Waals surface area (Å²) in [5.41, 5.74) is 4.51. The van der Waals surface area contributed by atoms with E-state index in [2.05, 4.69) is 66.7 Å². The molecule has 0 aliphatic rings. The predicted octanol–water partition coefficient (Wildman–Crippen LogP) is 7.70. The van der Waals surface area contributed by atoms with Gasteiger partial charge in [0, 0.05) is 18.1 Å². The molecule has 0 spiro atoms. The van der Waals surface area contributed by atoms with Crippen molar-refractivity contribution in [2.45, 2.75) is 39.3 Å². The van der Waals surface area contributed by atoms with Crippen LogP contribution in [0.1, 0.15) is 56.0 Å². The molecule has 0 saturated heterocycles. The highest BCUT2D eigenvalue weighted by molar-refractivity contribution is 6.30. The van der Waals surface area contributed by atoms with Crippen molar-refractivity contribution in [2.24, 2.45) is 0 Å². The maximum atomic E-state index is 13.0. The number of likely N-dealkylation sites (N-methyl/N-ethyl adjacent to an activating group) is 1. The van der Waals surface area contributed by atoms with E-state index in [1.807, 2.05) is 72.8 Å². The topological polar surface area (TPSA) is 44.4 Å². The minimum absolute atomic E-state index is 0.0926. The summed E-state index contributed by atoms with van der Waals surface area (Å²) in [6.45, 7) is 8.52. The zero-order valence-corrected chi connectivity index (χ0v) is 22.8. The second-order valence-corrected chi connectivity index (χ2v) is 9.42. The number of allylic oxidation sites excluding steroid dienone is 3. The average Bonchev–Trinajstić information content (AvgIpc) is 2.93. The standard InChI is InChI=1S/C32H38ClN3O/c1-4-6-9-14-25(3)31(28-19-21-29(33)22-20-28)36(5-2)24-23-34-32(37)35-30(26-15-10-7-11-16-26)27-17-12-8-13-18-27/h6-22,30-31H,4-5,23-24H2,1-3H3,(H2,34,35,37)/b9-6-,25-14+. The first kappa shape index (κ1) is 28.2. The number of benzene rings is 3. The maximum Gasteiger partial charge on any atom is 0.315 e. The molecule has 37 heavy (non-hydrogen) atoms. The van der Waals surface area contributed by atoms with E-state index in [0.29, 0.717) is 13.1 Å². The highest BCUT2D eigenvalue weighted by Crippen LogP contribution is 2.29. The Morgan fingerprint density at radius 3 is 2.03 bits per heavy atom.